The molecular weight excluding hydrogens is 365 g/mol. The zero-order valence-corrected chi connectivity index (χ0v) is 15.2. The average Bonchev–Trinajstić information content (AvgIpc) is 2.66. The van der Waals surface area contributed by atoms with Crippen molar-refractivity contribution in [2.75, 3.05) is 27.9 Å². The van der Waals surface area contributed by atoms with E-state index in [1.54, 1.807) is 12.1 Å². The third kappa shape index (κ3) is 5.19. The highest BCUT2D eigenvalue weighted by Crippen LogP contribution is 2.38. The van der Waals surface area contributed by atoms with Gasteiger partial charge in [-0.3, -0.25) is 0 Å². The molecule has 148 valence electrons. The number of aliphatic hydroxyl groups is 1. The minimum atomic E-state index is -4.41. The lowest BCUT2D eigenvalue weighted by Crippen LogP contribution is -2.24. The Kier molecular flexibility index (Phi) is 6.79. The number of halogens is 3. The van der Waals surface area contributed by atoms with Crippen LogP contribution in [0.3, 0.4) is 0 Å². The Labute approximate surface area is 155 Å². The summed E-state index contributed by atoms with van der Waals surface area (Å²) in [6.45, 7) is -0.322. The first-order valence-corrected chi connectivity index (χ1v) is 8.06. The van der Waals surface area contributed by atoms with Crippen LogP contribution >= 0.6 is 0 Å². The monoisotopic (exact) mass is 386 g/mol. The number of alkyl halides is 3. The lowest BCUT2D eigenvalue weighted by atomic mass is 10.1. The molecule has 8 heteroatoms. The van der Waals surface area contributed by atoms with Crippen molar-refractivity contribution in [2.24, 2.45) is 0 Å². The van der Waals surface area contributed by atoms with Gasteiger partial charge in [-0.1, -0.05) is 0 Å². The second-order valence-electron chi connectivity index (χ2n) is 5.68. The second kappa shape index (κ2) is 8.85. The minimum absolute atomic E-state index is 0.231. The standard InChI is InChI=1S/C19H21F3O5/c1-24-16-9-12(10-17(25-2)18(16)26-3)8-15(11-23)27-14-6-4-13(5-7-14)19(20,21)22/h4-7,9-10,15,23H,8,11H2,1-3H3. The summed E-state index contributed by atoms with van der Waals surface area (Å²) < 4.78 is 59.3. The van der Waals surface area contributed by atoms with E-state index in [0.29, 0.717) is 17.2 Å². The predicted molar refractivity (Wildman–Crippen MR) is 92.7 cm³/mol. The van der Waals surface area contributed by atoms with E-state index in [1.165, 1.54) is 33.5 Å². The smallest absolute Gasteiger partial charge is 0.416 e. The molecule has 0 aliphatic rings. The lowest BCUT2D eigenvalue weighted by Gasteiger charge is -2.19. The van der Waals surface area contributed by atoms with Crippen molar-refractivity contribution < 1.29 is 37.2 Å². The van der Waals surface area contributed by atoms with Crippen LogP contribution in [0.5, 0.6) is 23.0 Å². The average molecular weight is 386 g/mol. The lowest BCUT2D eigenvalue weighted by molar-refractivity contribution is -0.137. The Bertz CT molecular complexity index is 719. The first kappa shape index (κ1) is 20.7. The van der Waals surface area contributed by atoms with E-state index < -0.39 is 17.8 Å². The normalized spacial score (nSPS) is 12.4. The van der Waals surface area contributed by atoms with E-state index in [9.17, 15) is 18.3 Å². The maximum absolute atomic E-state index is 12.6. The molecule has 0 aromatic heterocycles. The summed E-state index contributed by atoms with van der Waals surface area (Å²) in [5.41, 5.74) is -0.0181. The van der Waals surface area contributed by atoms with E-state index in [4.69, 9.17) is 18.9 Å². The number of aliphatic hydroxyl groups excluding tert-OH is 1. The molecule has 1 atom stereocenters. The topological polar surface area (TPSA) is 57.2 Å². The highest BCUT2D eigenvalue weighted by molar-refractivity contribution is 5.54. The molecule has 0 aliphatic carbocycles. The number of ether oxygens (including phenoxy) is 4. The number of rotatable bonds is 8. The molecule has 5 nitrogen and oxygen atoms in total. The number of methoxy groups -OCH3 is 3. The van der Waals surface area contributed by atoms with Crippen LogP contribution in [0.25, 0.3) is 0 Å². The van der Waals surface area contributed by atoms with Crippen LogP contribution in [-0.2, 0) is 12.6 Å². The largest absolute Gasteiger partial charge is 0.493 e. The van der Waals surface area contributed by atoms with E-state index in [0.717, 1.165) is 17.7 Å². The number of hydrogen-bond acceptors (Lipinski definition) is 5. The molecule has 2 aromatic carbocycles. The van der Waals surface area contributed by atoms with Crippen molar-refractivity contribution in [2.45, 2.75) is 18.7 Å². The maximum atomic E-state index is 12.6. The van der Waals surface area contributed by atoms with Gasteiger partial charge < -0.3 is 24.1 Å². The zero-order valence-electron chi connectivity index (χ0n) is 15.2. The summed E-state index contributed by atoms with van der Waals surface area (Å²) in [6.07, 6.45) is -4.79. The van der Waals surface area contributed by atoms with Crippen LogP contribution in [-0.4, -0.2) is 39.1 Å². The van der Waals surface area contributed by atoms with E-state index in [2.05, 4.69) is 0 Å². The molecule has 0 fully saturated rings. The van der Waals surface area contributed by atoms with Gasteiger partial charge in [0.05, 0.1) is 33.5 Å². The van der Waals surface area contributed by atoms with Gasteiger partial charge in [0, 0.05) is 6.42 Å². The van der Waals surface area contributed by atoms with Gasteiger partial charge in [-0.2, -0.15) is 13.2 Å². The van der Waals surface area contributed by atoms with Gasteiger partial charge in [0.15, 0.2) is 11.5 Å². The van der Waals surface area contributed by atoms with Crippen LogP contribution in [0.4, 0.5) is 13.2 Å². The van der Waals surface area contributed by atoms with Gasteiger partial charge in [-0.15, -0.1) is 0 Å². The molecule has 2 rings (SSSR count). The number of benzene rings is 2. The predicted octanol–water partition coefficient (Wildman–Crippen LogP) is 3.71. The number of hydrogen-bond donors (Lipinski definition) is 1. The Balaban J connectivity index is 2.17. The van der Waals surface area contributed by atoms with Crippen molar-refractivity contribution >= 4 is 0 Å². The van der Waals surface area contributed by atoms with E-state index >= 15 is 0 Å². The summed E-state index contributed by atoms with van der Waals surface area (Å²) in [4.78, 5) is 0. The molecule has 1 unspecified atom stereocenters. The Morgan fingerprint density at radius 1 is 0.926 bits per heavy atom. The van der Waals surface area contributed by atoms with Crippen LogP contribution in [0.15, 0.2) is 36.4 Å². The molecule has 27 heavy (non-hydrogen) atoms. The first-order chi connectivity index (χ1) is 12.8. The highest BCUT2D eigenvalue weighted by atomic mass is 19.4. The molecule has 1 N–H and O–H groups in total. The molecule has 0 heterocycles. The van der Waals surface area contributed by atoms with E-state index in [1.807, 2.05) is 0 Å². The summed E-state index contributed by atoms with van der Waals surface area (Å²) in [6, 6.07) is 7.76. The van der Waals surface area contributed by atoms with E-state index in [-0.39, 0.29) is 18.8 Å². The maximum Gasteiger partial charge on any atom is 0.416 e. The Morgan fingerprint density at radius 2 is 1.48 bits per heavy atom. The third-order valence-electron chi connectivity index (χ3n) is 3.88. The Hall–Kier alpha value is -2.61. The Morgan fingerprint density at radius 3 is 1.89 bits per heavy atom. The molecule has 0 amide bonds. The van der Waals surface area contributed by atoms with Crippen LogP contribution in [0.1, 0.15) is 11.1 Å². The molecule has 2 aromatic rings. The molecule has 0 saturated carbocycles. The van der Waals surface area contributed by atoms with Crippen molar-refractivity contribution in [1.29, 1.82) is 0 Å². The molecular formula is C19H21F3O5. The van der Waals surface area contributed by atoms with Gasteiger partial charge in [0.2, 0.25) is 5.75 Å². The van der Waals surface area contributed by atoms with Gasteiger partial charge >= 0.3 is 6.18 Å². The fraction of sp³-hybridized carbons (Fsp3) is 0.368. The van der Waals surface area contributed by atoms with Crippen molar-refractivity contribution in [3.63, 3.8) is 0 Å². The van der Waals surface area contributed by atoms with Crippen molar-refractivity contribution in [1.82, 2.24) is 0 Å². The van der Waals surface area contributed by atoms with Crippen LogP contribution in [0.2, 0.25) is 0 Å². The zero-order chi connectivity index (χ0) is 20.0. The molecule has 0 aliphatic heterocycles. The molecule has 0 spiro atoms. The highest BCUT2D eigenvalue weighted by Gasteiger charge is 2.30. The van der Waals surface area contributed by atoms with Gasteiger partial charge in [-0.05, 0) is 42.0 Å². The summed E-state index contributed by atoms with van der Waals surface area (Å²) >= 11 is 0. The summed E-state index contributed by atoms with van der Waals surface area (Å²) in [5, 5.41) is 9.59. The molecule has 0 saturated heterocycles. The molecule has 0 radical (unpaired) electrons. The summed E-state index contributed by atoms with van der Waals surface area (Å²) in [7, 11) is 4.47. The van der Waals surface area contributed by atoms with Crippen molar-refractivity contribution in [3.05, 3.63) is 47.5 Å². The fourth-order valence-corrected chi connectivity index (χ4v) is 2.57. The van der Waals surface area contributed by atoms with Gasteiger partial charge in [0.1, 0.15) is 11.9 Å². The quantitative estimate of drug-likeness (QED) is 0.750. The summed E-state index contributed by atoms with van der Waals surface area (Å²) in [5.74, 6) is 1.58. The molecule has 0 bridgehead atoms. The van der Waals surface area contributed by atoms with Crippen LogP contribution < -0.4 is 18.9 Å². The van der Waals surface area contributed by atoms with Crippen LogP contribution in [0, 0.1) is 0 Å². The first-order valence-electron chi connectivity index (χ1n) is 8.06. The van der Waals surface area contributed by atoms with Gasteiger partial charge in [0.25, 0.3) is 0 Å². The minimum Gasteiger partial charge on any atom is -0.493 e. The SMILES string of the molecule is COc1cc(CC(CO)Oc2ccc(C(F)(F)F)cc2)cc(OC)c1OC. The van der Waals surface area contributed by atoms with Crippen molar-refractivity contribution in [3.8, 4) is 23.0 Å². The fourth-order valence-electron chi connectivity index (χ4n) is 2.57. The van der Waals surface area contributed by atoms with Gasteiger partial charge in [-0.25, -0.2) is 0 Å². The third-order valence-corrected chi connectivity index (χ3v) is 3.88. The second-order valence-corrected chi connectivity index (χ2v) is 5.68.